The Morgan fingerprint density at radius 2 is 0.654 bits per heavy atom. The van der Waals surface area contributed by atoms with Crippen molar-refractivity contribution in [1.29, 1.82) is 0 Å². The van der Waals surface area contributed by atoms with Crippen molar-refractivity contribution >= 4 is 35.7 Å². The predicted octanol–water partition coefficient (Wildman–Crippen LogP) is 8.56. The maximum Gasteiger partial charge on any atom is 0.119 e. The summed E-state index contributed by atoms with van der Waals surface area (Å²) in [6.07, 6.45) is 8.29. The second-order valence-electron chi connectivity index (χ2n) is 11.1. The largest absolute Gasteiger partial charge is 0.491 e. The van der Waals surface area contributed by atoms with Crippen LogP contribution in [0.25, 0.3) is 24.3 Å². The Hall–Kier alpha value is -4.74. The van der Waals surface area contributed by atoms with Gasteiger partial charge in [0.25, 0.3) is 0 Å². The molecule has 0 heterocycles. The van der Waals surface area contributed by atoms with Crippen molar-refractivity contribution in [2.75, 3.05) is 104 Å². The first-order valence-corrected chi connectivity index (χ1v) is 17.4. The number of benzene rings is 4. The lowest BCUT2D eigenvalue weighted by molar-refractivity contribution is 0.0325. The van der Waals surface area contributed by atoms with E-state index < -0.39 is 13.3 Å². The maximum atomic E-state index is 11.8. The average Bonchev–Trinajstić information content (AvgIpc) is 3.20. The molecule has 0 bridgehead atoms. The number of rotatable bonds is 24. The summed E-state index contributed by atoms with van der Waals surface area (Å²) in [7, 11) is 3.81. The first-order chi connectivity index (χ1) is 25.6. The molecule has 0 aromatic heterocycles. The van der Waals surface area contributed by atoms with Gasteiger partial charge in [0, 0.05) is 25.5 Å². The molecule has 0 atom stereocenters. The van der Waals surface area contributed by atoms with Crippen LogP contribution in [-0.2, 0) is 18.9 Å². The van der Waals surface area contributed by atoms with Crippen LogP contribution in [0.1, 0.15) is 22.3 Å². The van der Waals surface area contributed by atoms with Gasteiger partial charge in [-0.25, -0.2) is 8.78 Å². The Bertz CT molecular complexity index is 1400. The smallest absolute Gasteiger partial charge is 0.119 e. The molecular weight excluding hydrogens is 665 g/mol. The van der Waals surface area contributed by atoms with Crippen LogP contribution in [0, 0.1) is 0 Å². The zero-order valence-electron chi connectivity index (χ0n) is 30.2. The molecule has 0 fully saturated rings. The highest BCUT2D eigenvalue weighted by atomic mass is 19.1. The minimum absolute atomic E-state index is 0.127. The van der Waals surface area contributed by atoms with Crippen LogP contribution in [-0.4, -0.2) is 93.5 Å². The number of halogens is 2. The van der Waals surface area contributed by atoms with Crippen molar-refractivity contribution in [1.82, 2.24) is 0 Å². The van der Waals surface area contributed by atoms with Crippen molar-refractivity contribution in [3.63, 3.8) is 0 Å². The standard InChI is InChI=1S/2C21H26FNO3/c2*1-23-20-8-4-18(5-9-20)2-3-19-6-10-21(11-7-19)26-17-16-25-15-14-24-13-12-22/h2*2-11,23H,12-17H2,1H3/b2*3-2+/i22-1;. The highest BCUT2D eigenvalue weighted by molar-refractivity contribution is 5.71. The summed E-state index contributed by atoms with van der Waals surface area (Å²) < 4.78 is 55.5. The second-order valence-corrected chi connectivity index (χ2v) is 11.1. The van der Waals surface area contributed by atoms with E-state index >= 15 is 0 Å². The third-order valence-electron chi connectivity index (χ3n) is 7.28. The average molecular weight is 718 g/mol. The van der Waals surface area contributed by atoms with Gasteiger partial charge in [-0.3, -0.25) is 0 Å². The lowest BCUT2D eigenvalue weighted by atomic mass is 10.1. The van der Waals surface area contributed by atoms with Crippen LogP contribution >= 0.6 is 0 Å². The molecule has 0 saturated carbocycles. The number of anilines is 2. The van der Waals surface area contributed by atoms with E-state index in [0.717, 1.165) is 45.1 Å². The highest BCUT2D eigenvalue weighted by Gasteiger charge is 1.98. The minimum atomic E-state index is -0.461. The van der Waals surface area contributed by atoms with E-state index in [-0.39, 0.29) is 13.2 Å². The van der Waals surface area contributed by atoms with Crippen LogP contribution in [0.4, 0.5) is 20.2 Å². The summed E-state index contributed by atoms with van der Waals surface area (Å²) in [6, 6.07) is 32.3. The summed E-state index contributed by atoms with van der Waals surface area (Å²) in [6.45, 7) is 2.92. The molecule has 4 aromatic rings. The minimum Gasteiger partial charge on any atom is -0.491 e. The van der Waals surface area contributed by atoms with Gasteiger partial charge < -0.3 is 39.1 Å². The summed E-state index contributed by atoms with van der Waals surface area (Å²) in [4.78, 5) is 0. The van der Waals surface area contributed by atoms with E-state index in [1.165, 1.54) is 0 Å². The topological polar surface area (TPSA) is 79.4 Å². The molecule has 0 unspecified atom stereocenters. The van der Waals surface area contributed by atoms with Gasteiger partial charge in [-0.05, 0) is 70.8 Å². The second kappa shape index (κ2) is 27.0. The van der Waals surface area contributed by atoms with E-state index in [1.54, 1.807) is 0 Å². The zero-order valence-corrected chi connectivity index (χ0v) is 30.2. The Kier molecular flexibility index (Phi) is 21.6. The van der Waals surface area contributed by atoms with Gasteiger partial charge in [0.2, 0.25) is 0 Å². The summed E-state index contributed by atoms with van der Waals surface area (Å²) >= 11 is 0. The number of alkyl halides is 2. The Morgan fingerprint density at radius 1 is 0.385 bits per heavy atom. The van der Waals surface area contributed by atoms with E-state index in [0.29, 0.717) is 52.9 Å². The number of hydrogen-bond acceptors (Lipinski definition) is 8. The van der Waals surface area contributed by atoms with Crippen LogP contribution in [0.3, 0.4) is 0 Å². The molecule has 0 radical (unpaired) electrons. The monoisotopic (exact) mass is 717 g/mol. The molecule has 8 nitrogen and oxygen atoms in total. The fourth-order valence-electron chi connectivity index (χ4n) is 4.45. The van der Waals surface area contributed by atoms with E-state index in [9.17, 15) is 8.78 Å². The first-order valence-electron chi connectivity index (χ1n) is 17.4. The summed E-state index contributed by atoms with van der Waals surface area (Å²) in [5.74, 6) is 1.61. The van der Waals surface area contributed by atoms with Gasteiger partial charge in [-0.15, -0.1) is 0 Å². The molecule has 2 N–H and O–H groups in total. The molecular formula is C42H52F2N2O6. The fourth-order valence-corrected chi connectivity index (χ4v) is 4.45. The molecule has 52 heavy (non-hydrogen) atoms. The lowest BCUT2D eigenvalue weighted by Gasteiger charge is -2.07. The Balaban J connectivity index is 0.000000280. The molecule has 0 amide bonds. The molecule has 4 aromatic carbocycles. The van der Waals surface area contributed by atoms with Gasteiger partial charge in [-0.1, -0.05) is 72.8 Å². The van der Waals surface area contributed by atoms with Crippen LogP contribution < -0.4 is 20.1 Å². The molecule has 0 spiro atoms. The number of nitrogens with one attached hydrogen (secondary N) is 2. The number of ether oxygens (including phenoxy) is 6. The van der Waals surface area contributed by atoms with Gasteiger partial charge in [0.15, 0.2) is 0 Å². The Morgan fingerprint density at radius 3 is 0.942 bits per heavy atom. The van der Waals surface area contributed by atoms with Crippen molar-refractivity contribution in [3.8, 4) is 11.5 Å². The van der Waals surface area contributed by atoms with Crippen LogP contribution in [0.2, 0.25) is 0 Å². The zero-order chi connectivity index (χ0) is 36.9. The summed E-state index contributed by atoms with van der Waals surface area (Å²) in [5.41, 5.74) is 6.71. The van der Waals surface area contributed by atoms with Crippen LogP contribution in [0.15, 0.2) is 97.1 Å². The Labute approximate surface area is 307 Å². The SMILES string of the molecule is CNc1ccc(/C=C/c2ccc(OCCOCCOCCF)cc2)cc1.CNc1ccc(/C=C/c2ccc(OCCOCCOCC[18F])cc2)cc1. The molecule has 0 saturated heterocycles. The highest BCUT2D eigenvalue weighted by Crippen LogP contribution is 2.17. The van der Waals surface area contributed by atoms with E-state index in [1.807, 2.05) is 86.9 Å². The molecule has 4 rings (SSSR count). The van der Waals surface area contributed by atoms with Crippen molar-refractivity contribution in [2.45, 2.75) is 0 Å². The molecule has 0 aliphatic carbocycles. The third-order valence-corrected chi connectivity index (χ3v) is 7.28. The van der Waals surface area contributed by atoms with Gasteiger partial charge in [-0.2, -0.15) is 0 Å². The lowest BCUT2D eigenvalue weighted by Crippen LogP contribution is -2.11. The van der Waals surface area contributed by atoms with Gasteiger partial charge >= 0.3 is 0 Å². The number of hydrogen-bond donors (Lipinski definition) is 2. The first kappa shape index (κ1) is 41.7. The molecule has 0 aliphatic rings. The van der Waals surface area contributed by atoms with Crippen molar-refractivity contribution < 1.29 is 37.2 Å². The summed E-state index contributed by atoms with van der Waals surface area (Å²) in [5, 5.41) is 6.21. The predicted molar refractivity (Wildman–Crippen MR) is 209 cm³/mol. The van der Waals surface area contributed by atoms with Crippen molar-refractivity contribution in [2.24, 2.45) is 0 Å². The maximum absolute atomic E-state index is 11.8. The fraction of sp³-hybridized carbons (Fsp3) is 0.333. The van der Waals surface area contributed by atoms with Gasteiger partial charge in [0.1, 0.15) is 38.1 Å². The van der Waals surface area contributed by atoms with Crippen molar-refractivity contribution in [3.05, 3.63) is 119 Å². The molecule has 10 heteroatoms. The normalized spacial score (nSPS) is 11.0. The van der Waals surface area contributed by atoms with Crippen LogP contribution in [0.5, 0.6) is 11.5 Å². The van der Waals surface area contributed by atoms with Gasteiger partial charge in [0.05, 0.1) is 52.9 Å². The quantitative estimate of drug-likeness (QED) is 0.0552. The van der Waals surface area contributed by atoms with E-state index in [2.05, 4.69) is 59.2 Å². The molecule has 0 aliphatic heterocycles. The van der Waals surface area contributed by atoms with E-state index in [4.69, 9.17) is 28.4 Å². The molecule has 280 valence electrons. The third kappa shape index (κ3) is 18.5.